The van der Waals surface area contributed by atoms with Crippen molar-refractivity contribution >= 4 is 12.1 Å². The van der Waals surface area contributed by atoms with E-state index in [0.29, 0.717) is 12.1 Å². The summed E-state index contributed by atoms with van der Waals surface area (Å²) < 4.78 is 16.3. The fourth-order valence-corrected chi connectivity index (χ4v) is 2.88. The van der Waals surface area contributed by atoms with Gasteiger partial charge in [-0.15, -0.1) is 0 Å². The molecule has 1 aromatic heterocycles. The van der Waals surface area contributed by atoms with E-state index in [1.165, 1.54) is 7.11 Å². The highest BCUT2D eigenvalue weighted by molar-refractivity contribution is 5.93. The molecule has 1 amide bonds. The SMILES string of the molecule is CC.COC(=O)c1c(C)ccnc1O[C@@H]1CC[C@@H](C)N(C(=O)OC(C)(C)C)C1. The third-order valence-electron chi connectivity index (χ3n) is 4.26. The third-order valence-corrected chi connectivity index (χ3v) is 4.26. The number of methoxy groups -OCH3 is 1. The number of aryl methyl sites for hydroxylation is 1. The summed E-state index contributed by atoms with van der Waals surface area (Å²) in [5.74, 6) is -0.251. The van der Waals surface area contributed by atoms with Crippen molar-refractivity contribution in [3.63, 3.8) is 0 Å². The summed E-state index contributed by atoms with van der Waals surface area (Å²) in [5, 5.41) is 0. The van der Waals surface area contributed by atoms with Gasteiger partial charge in [-0.3, -0.25) is 0 Å². The van der Waals surface area contributed by atoms with Gasteiger partial charge in [-0.25, -0.2) is 14.6 Å². The van der Waals surface area contributed by atoms with Gasteiger partial charge in [-0.05, 0) is 59.1 Å². The average molecular weight is 395 g/mol. The van der Waals surface area contributed by atoms with Gasteiger partial charge in [0.2, 0.25) is 5.88 Å². The van der Waals surface area contributed by atoms with E-state index in [1.54, 1.807) is 24.1 Å². The molecule has 1 aliphatic rings. The number of pyridine rings is 1. The molecule has 28 heavy (non-hydrogen) atoms. The zero-order valence-electron chi connectivity index (χ0n) is 18.4. The van der Waals surface area contributed by atoms with Gasteiger partial charge < -0.3 is 19.1 Å². The highest BCUT2D eigenvalue weighted by atomic mass is 16.6. The smallest absolute Gasteiger partial charge is 0.410 e. The van der Waals surface area contributed by atoms with Crippen LogP contribution >= 0.6 is 0 Å². The number of rotatable bonds is 3. The van der Waals surface area contributed by atoms with Crippen LogP contribution in [-0.4, -0.2) is 53.3 Å². The van der Waals surface area contributed by atoms with E-state index in [4.69, 9.17) is 14.2 Å². The topological polar surface area (TPSA) is 78.0 Å². The number of nitrogens with zero attached hydrogens (tertiary/aromatic N) is 2. The van der Waals surface area contributed by atoms with Gasteiger partial charge in [-0.1, -0.05) is 13.8 Å². The number of hydrogen-bond donors (Lipinski definition) is 0. The highest BCUT2D eigenvalue weighted by Crippen LogP contribution is 2.26. The fraction of sp³-hybridized carbons (Fsp3) is 0.667. The number of esters is 1. The second-order valence-corrected chi connectivity index (χ2v) is 7.60. The Balaban J connectivity index is 0.00000190. The maximum atomic E-state index is 12.5. The molecule has 2 atom stereocenters. The van der Waals surface area contributed by atoms with Crippen LogP contribution in [-0.2, 0) is 9.47 Å². The molecule has 1 fully saturated rings. The number of carbonyl (C=O) groups excluding carboxylic acids is 2. The average Bonchev–Trinajstić information content (AvgIpc) is 2.63. The molecule has 1 aliphatic heterocycles. The van der Waals surface area contributed by atoms with Gasteiger partial charge in [0.25, 0.3) is 0 Å². The molecule has 1 saturated heterocycles. The Morgan fingerprint density at radius 2 is 1.86 bits per heavy atom. The second-order valence-electron chi connectivity index (χ2n) is 7.60. The maximum absolute atomic E-state index is 12.5. The predicted molar refractivity (Wildman–Crippen MR) is 108 cm³/mol. The van der Waals surface area contributed by atoms with Crippen LogP contribution in [0.2, 0.25) is 0 Å². The first-order chi connectivity index (χ1) is 13.1. The molecule has 0 aliphatic carbocycles. The Bertz CT molecular complexity index is 669. The molecule has 7 nitrogen and oxygen atoms in total. The number of carbonyl (C=O) groups is 2. The Morgan fingerprint density at radius 1 is 1.21 bits per heavy atom. The van der Waals surface area contributed by atoms with Crippen LogP contribution in [0.4, 0.5) is 4.79 Å². The number of piperidine rings is 1. The van der Waals surface area contributed by atoms with Gasteiger partial charge in [0, 0.05) is 12.2 Å². The lowest BCUT2D eigenvalue weighted by Gasteiger charge is -2.38. The molecule has 1 aromatic rings. The minimum Gasteiger partial charge on any atom is -0.472 e. The molecular weight excluding hydrogens is 360 g/mol. The molecule has 0 spiro atoms. The van der Waals surface area contributed by atoms with Crippen LogP contribution in [0.5, 0.6) is 5.88 Å². The van der Waals surface area contributed by atoms with E-state index in [0.717, 1.165) is 18.4 Å². The van der Waals surface area contributed by atoms with E-state index >= 15 is 0 Å². The molecule has 2 rings (SSSR count). The molecule has 0 bridgehead atoms. The van der Waals surface area contributed by atoms with Crippen molar-refractivity contribution in [1.82, 2.24) is 9.88 Å². The lowest BCUT2D eigenvalue weighted by Crippen LogP contribution is -2.50. The largest absolute Gasteiger partial charge is 0.472 e. The van der Waals surface area contributed by atoms with Crippen molar-refractivity contribution in [3.05, 3.63) is 23.4 Å². The molecule has 0 radical (unpaired) electrons. The summed E-state index contributed by atoms with van der Waals surface area (Å²) in [6.45, 7) is 13.7. The molecule has 0 aromatic carbocycles. The number of hydrogen-bond acceptors (Lipinski definition) is 6. The first kappa shape index (κ1) is 23.7. The molecule has 7 heteroatoms. The summed E-state index contributed by atoms with van der Waals surface area (Å²) in [7, 11) is 1.32. The normalized spacial score (nSPS) is 19.2. The molecule has 0 unspecified atom stereocenters. The minimum absolute atomic E-state index is 0.0650. The van der Waals surface area contributed by atoms with Crippen molar-refractivity contribution in [3.8, 4) is 5.88 Å². The molecule has 0 saturated carbocycles. The first-order valence-corrected chi connectivity index (χ1v) is 9.82. The molecule has 0 N–H and O–H groups in total. The van der Waals surface area contributed by atoms with Crippen molar-refractivity contribution in [1.29, 1.82) is 0 Å². The number of aromatic nitrogens is 1. The summed E-state index contributed by atoms with van der Waals surface area (Å²) in [6.07, 6.45) is 2.51. The quantitative estimate of drug-likeness (QED) is 0.709. The molecule has 2 heterocycles. The maximum Gasteiger partial charge on any atom is 0.410 e. The van der Waals surface area contributed by atoms with Gasteiger partial charge in [0.15, 0.2) is 0 Å². The van der Waals surface area contributed by atoms with Crippen LogP contribution in [0.15, 0.2) is 12.3 Å². The Labute approximate surface area is 168 Å². The summed E-state index contributed by atoms with van der Waals surface area (Å²) in [4.78, 5) is 30.4. The van der Waals surface area contributed by atoms with Crippen molar-refractivity contribution in [2.45, 2.75) is 79.1 Å². The fourth-order valence-electron chi connectivity index (χ4n) is 2.88. The Kier molecular flexibility index (Phi) is 8.72. The summed E-state index contributed by atoms with van der Waals surface area (Å²) >= 11 is 0. The molecular formula is C21H34N2O5. The van der Waals surface area contributed by atoms with Crippen molar-refractivity contribution in [2.24, 2.45) is 0 Å². The standard InChI is InChI=1S/C19H28N2O5.C2H6/c1-12-9-10-20-16(15(12)17(22)24-6)25-14-8-7-13(2)21(11-14)18(23)26-19(3,4)5;1-2/h9-10,13-14H,7-8,11H2,1-6H3;1-2H3/t13-,14-;/m1./s1. The minimum atomic E-state index is -0.555. The van der Waals surface area contributed by atoms with Crippen LogP contribution in [0, 0.1) is 6.92 Å². The highest BCUT2D eigenvalue weighted by Gasteiger charge is 2.34. The summed E-state index contributed by atoms with van der Waals surface area (Å²) in [6, 6.07) is 1.80. The second kappa shape index (κ2) is 10.3. The zero-order valence-corrected chi connectivity index (χ0v) is 18.4. The lowest BCUT2D eigenvalue weighted by molar-refractivity contribution is -0.00630. The van der Waals surface area contributed by atoms with E-state index < -0.39 is 11.6 Å². The van der Waals surface area contributed by atoms with E-state index in [1.807, 2.05) is 41.5 Å². The zero-order chi connectivity index (χ0) is 21.5. The molecule has 158 valence electrons. The van der Waals surface area contributed by atoms with E-state index in [2.05, 4.69) is 4.98 Å². The van der Waals surface area contributed by atoms with Crippen molar-refractivity contribution in [2.75, 3.05) is 13.7 Å². The van der Waals surface area contributed by atoms with Gasteiger partial charge >= 0.3 is 12.1 Å². The van der Waals surface area contributed by atoms with Crippen LogP contribution in [0.1, 0.15) is 70.3 Å². The summed E-state index contributed by atoms with van der Waals surface area (Å²) in [5.41, 5.74) is 0.494. The van der Waals surface area contributed by atoms with Crippen LogP contribution in [0.25, 0.3) is 0 Å². The predicted octanol–water partition coefficient (Wildman–Crippen LogP) is 4.37. The Morgan fingerprint density at radius 3 is 2.43 bits per heavy atom. The lowest BCUT2D eigenvalue weighted by atomic mass is 10.0. The monoisotopic (exact) mass is 394 g/mol. The van der Waals surface area contributed by atoms with E-state index in [-0.39, 0.29) is 24.1 Å². The Hall–Kier alpha value is -2.31. The van der Waals surface area contributed by atoms with E-state index in [9.17, 15) is 9.59 Å². The van der Waals surface area contributed by atoms with Gasteiger partial charge in [0.1, 0.15) is 17.3 Å². The van der Waals surface area contributed by atoms with Crippen LogP contribution in [0.3, 0.4) is 0 Å². The third kappa shape index (κ3) is 6.39. The number of likely N-dealkylation sites (tertiary alicyclic amines) is 1. The van der Waals surface area contributed by atoms with Gasteiger partial charge in [0.05, 0.1) is 13.7 Å². The number of amides is 1. The number of ether oxygens (including phenoxy) is 3. The van der Waals surface area contributed by atoms with Crippen LogP contribution < -0.4 is 4.74 Å². The van der Waals surface area contributed by atoms with Gasteiger partial charge in [-0.2, -0.15) is 0 Å². The van der Waals surface area contributed by atoms with Crippen molar-refractivity contribution < 1.29 is 23.8 Å². The first-order valence-electron chi connectivity index (χ1n) is 9.82.